The molecule has 0 saturated carbocycles. The molecule has 15 heteroatoms. The summed E-state index contributed by atoms with van der Waals surface area (Å²) in [6.07, 6.45) is -1.87. The Balaban J connectivity index is 1.30. The molecule has 48 heavy (non-hydrogen) atoms. The molecular formula is C33H28F5N5O5. The first-order valence-electron chi connectivity index (χ1n) is 14.7. The van der Waals surface area contributed by atoms with Gasteiger partial charge in [-0.15, -0.1) is 0 Å². The Morgan fingerprint density at radius 2 is 1.81 bits per heavy atom. The second-order valence-electron chi connectivity index (χ2n) is 11.2. The predicted molar refractivity (Wildman–Crippen MR) is 165 cm³/mol. The zero-order chi connectivity index (χ0) is 34.3. The van der Waals surface area contributed by atoms with E-state index in [0.717, 1.165) is 22.9 Å². The van der Waals surface area contributed by atoms with Crippen LogP contribution < -0.4 is 15.8 Å². The number of nitrogens with zero attached hydrogens (tertiary/aromatic N) is 4. The largest absolute Gasteiger partial charge is 0.467 e. The van der Waals surface area contributed by atoms with Gasteiger partial charge in [0.15, 0.2) is 0 Å². The highest BCUT2D eigenvalue weighted by Crippen LogP contribution is 2.33. The standard InChI is InChI=1S/C33H28F5N5O5/c1-41-26-6-4-3-5-18(26)13-22(31(41)45)21-8-7-19(43-10-9-39-29(21)43)16-25(32(46)47-2)40-30(44)28-23(34)14-20(15-24(28)35)42-11-12-48-17-27(42)33(36,37)38/h3-10,13-15,25,27H,11-12,16-17H2,1-2H3,(H,40,44)/t25-,27+/m0/s1. The van der Waals surface area contributed by atoms with Gasteiger partial charge in [-0.1, -0.05) is 18.2 Å². The summed E-state index contributed by atoms with van der Waals surface area (Å²) < 4.78 is 84.0. The molecule has 4 heterocycles. The van der Waals surface area contributed by atoms with Crippen LogP contribution in [0.5, 0.6) is 0 Å². The highest BCUT2D eigenvalue weighted by atomic mass is 19.4. The number of hydrogen-bond acceptors (Lipinski definition) is 7. The number of rotatable bonds is 7. The summed E-state index contributed by atoms with van der Waals surface area (Å²) in [5.41, 5.74) is 0.678. The summed E-state index contributed by atoms with van der Waals surface area (Å²) in [6, 6.07) is 10.1. The number of esters is 1. The number of aromatic nitrogens is 3. The molecule has 0 bridgehead atoms. The number of nitrogens with one attached hydrogen (secondary N) is 1. The quantitative estimate of drug-likeness (QED) is 0.202. The van der Waals surface area contributed by atoms with E-state index in [1.807, 2.05) is 24.3 Å². The number of para-hydroxylation sites is 1. The van der Waals surface area contributed by atoms with Gasteiger partial charge in [-0.2, -0.15) is 13.2 Å². The van der Waals surface area contributed by atoms with Gasteiger partial charge in [-0.3, -0.25) is 9.59 Å². The van der Waals surface area contributed by atoms with Crippen LogP contribution >= 0.6 is 0 Å². The summed E-state index contributed by atoms with van der Waals surface area (Å²) in [5, 5.41) is 3.12. The molecule has 6 rings (SSSR count). The Hall–Kier alpha value is -5.31. The molecule has 1 saturated heterocycles. The van der Waals surface area contributed by atoms with Gasteiger partial charge >= 0.3 is 12.1 Å². The number of halogens is 5. The van der Waals surface area contributed by atoms with E-state index in [2.05, 4.69) is 10.3 Å². The third-order valence-corrected chi connectivity index (χ3v) is 8.35. The molecule has 2 atom stereocenters. The number of morpholine rings is 1. The zero-order valence-corrected chi connectivity index (χ0v) is 25.6. The SMILES string of the molecule is COC(=O)[C@H](Cc1ccc(-c2cc3ccccc3n(C)c2=O)c2nccn12)NC(=O)c1c(F)cc(N2CCOC[C@@H]2C(F)(F)F)cc1F. The fraction of sp³-hybridized carbons (Fsp3) is 0.273. The van der Waals surface area contributed by atoms with Gasteiger partial charge in [0.2, 0.25) is 0 Å². The Bertz CT molecular complexity index is 2090. The highest BCUT2D eigenvalue weighted by Gasteiger charge is 2.46. The van der Waals surface area contributed by atoms with Gasteiger partial charge in [-0.25, -0.2) is 18.6 Å². The Kier molecular flexibility index (Phi) is 8.64. The molecular weight excluding hydrogens is 641 g/mol. The van der Waals surface area contributed by atoms with Gasteiger partial charge in [-0.05, 0) is 41.8 Å². The van der Waals surface area contributed by atoms with Crippen molar-refractivity contribution in [3.05, 3.63) is 100 Å². The van der Waals surface area contributed by atoms with Crippen LogP contribution in [0.15, 0.2) is 71.8 Å². The first-order valence-corrected chi connectivity index (χ1v) is 14.7. The highest BCUT2D eigenvalue weighted by molar-refractivity contribution is 5.97. The van der Waals surface area contributed by atoms with E-state index in [-0.39, 0.29) is 25.1 Å². The van der Waals surface area contributed by atoms with Crippen LogP contribution in [-0.4, -0.2) is 71.0 Å². The van der Waals surface area contributed by atoms with Crippen molar-refractivity contribution in [3.8, 4) is 11.1 Å². The third-order valence-electron chi connectivity index (χ3n) is 8.35. The molecule has 5 aromatic rings. The summed E-state index contributed by atoms with van der Waals surface area (Å²) in [7, 11) is 2.73. The number of ether oxygens (including phenoxy) is 2. The number of hydrogen-bond donors (Lipinski definition) is 1. The van der Waals surface area contributed by atoms with E-state index in [1.54, 1.807) is 35.8 Å². The number of carbonyl (C=O) groups is 2. The summed E-state index contributed by atoms with van der Waals surface area (Å²) >= 11 is 0. The van der Waals surface area contributed by atoms with Crippen LogP contribution in [-0.2, 0) is 27.7 Å². The minimum Gasteiger partial charge on any atom is -0.467 e. The number of carbonyl (C=O) groups excluding carboxylic acids is 2. The first kappa shape index (κ1) is 32.6. The van der Waals surface area contributed by atoms with Crippen LogP contribution in [0, 0.1) is 11.6 Å². The van der Waals surface area contributed by atoms with Gasteiger partial charge in [0.1, 0.15) is 34.9 Å². The van der Waals surface area contributed by atoms with Crippen LogP contribution in [0.2, 0.25) is 0 Å². The van der Waals surface area contributed by atoms with E-state index in [9.17, 15) is 27.6 Å². The van der Waals surface area contributed by atoms with Gasteiger partial charge in [0, 0.05) is 49.4 Å². The second-order valence-corrected chi connectivity index (χ2v) is 11.2. The number of methoxy groups -OCH3 is 1. The van der Waals surface area contributed by atoms with Crippen LogP contribution in [0.3, 0.4) is 0 Å². The summed E-state index contributed by atoms with van der Waals surface area (Å²) in [4.78, 5) is 44.5. The Morgan fingerprint density at radius 3 is 2.52 bits per heavy atom. The van der Waals surface area contributed by atoms with E-state index in [0.29, 0.717) is 34.6 Å². The van der Waals surface area contributed by atoms with Gasteiger partial charge in [0.25, 0.3) is 11.5 Å². The van der Waals surface area contributed by atoms with Crippen molar-refractivity contribution in [1.29, 1.82) is 0 Å². The molecule has 2 aromatic carbocycles. The van der Waals surface area contributed by atoms with Crippen LogP contribution in [0.4, 0.5) is 27.6 Å². The van der Waals surface area contributed by atoms with Crippen molar-refractivity contribution in [2.24, 2.45) is 7.05 Å². The first-order chi connectivity index (χ1) is 22.9. The predicted octanol–water partition coefficient (Wildman–Crippen LogP) is 4.41. The van der Waals surface area contributed by atoms with Crippen LogP contribution in [0.1, 0.15) is 16.1 Å². The lowest BCUT2D eigenvalue weighted by Crippen LogP contribution is -2.53. The van der Waals surface area contributed by atoms with E-state index < -0.39 is 59.6 Å². The van der Waals surface area contributed by atoms with Crippen molar-refractivity contribution in [2.75, 3.05) is 31.8 Å². The number of fused-ring (bicyclic) bond motifs is 2. The lowest BCUT2D eigenvalue weighted by atomic mass is 10.0. The number of alkyl halides is 3. The van der Waals surface area contributed by atoms with Crippen molar-refractivity contribution in [1.82, 2.24) is 19.3 Å². The lowest BCUT2D eigenvalue weighted by molar-refractivity contribution is -0.167. The molecule has 3 aromatic heterocycles. The lowest BCUT2D eigenvalue weighted by Gasteiger charge is -2.38. The number of benzene rings is 2. The Morgan fingerprint density at radius 1 is 1.08 bits per heavy atom. The maximum absolute atomic E-state index is 15.2. The fourth-order valence-electron chi connectivity index (χ4n) is 5.96. The maximum atomic E-state index is 15.2. The van der Waals surface area contributed by atoms with Crippen molar-refractivity contribution >= 4 is 34.1 Å². The van der Waals surface area contributed by atoms with E-state index in [1.165, 1.54) is 10.8 Å². The van der Waals surface area contributed by atoms with Gasteiger partial charge < -0.3 is 28.7 Å². The number of aryl methyl sites for hydroxylation is 1. The molecule has 1 aliphatic rings. The normalized spacial score (nSPS) is 15.9. The average Bonchev–Trinajstić information content (AvgIpc) is 3.56. The second kappa shape index (κ2) is 12.7. The molecule has 0 aliphatic carbocycles. The molecule has 1 amide bonds. The number of amides is 1. The minimum atomic E-state index is -4.74. The minimum absolute atomic E-state index is 0.0943. The molecule has 0 radical (unpaired) electrons. The van der Waals surface area contributed by atoms with E-state index in [4.69, 9.17) is 9.47 Å². The van der Waals surface area contributed by atoms with Gasteiger partial charge in [0.05, 0.1) is 31.4 Å². The van der Waals surface area contributed by atoms with Crippen molar-refractivity contribution < 1.29 is 41.0 Å². The molecule has 10 nitrogen and oxygen atoms in total. The zero-order valence-electron chi connectivity index (χ0n) is 25.6. The fourth-order valence-corrected chi connectivity index (χ4v) is 5.96. The number of imidazole rings is 1. The van der Waals surface area contributed by atoms with Crippen LogP contribution in [0.25, 0.3) is 27.7 Å². The topological polar surface area (TPSA) is 107 Å². The Labute approximate surface area is 269 Å². The summed E-state index contributed by atoms with van der Waals surface area (Å²) in [6.45, 7) is -1.10. The number of anilines is 1. The van der Waals surface area contributed by atoms with E-state index >= 15 is 8.78 Å². The molecule has 0 unspecified atom stereocenters. The maximum Gasteiger partial charge on any atom is 0.411 e. The molecule has 250 valence electrons. The average molecular weight is 670 g/mol. The monoisotopic (exact) mass is 669 g/mol. The molecule has 1 fully saturated rings. The number of pyridine rings is 2. The van der Waals surface area contributed by atoms with Crippen molar-refractivity contribution in [3.63, 3.8) is 0 Å². The molecule has 0 spiro atoms. The summed E-state index contributed by atoms with van der Waals surface area (Å²) in [5.74, 6) is -5.09. The molecule has 1 aliphatic heterocycles. The third kappa shape index (κ3) is 5.96. The molecule has 1 N–H and O–H groups in total. The van der Waals surface area contributed by atoms with Crippen molar-refractivity contribution in [2.45, 2.75) is 24.7 Å². The smallest absolute Gasteiger partial charge is 0.411 e.